The molecule has 1 aliphatic heterocycles. The predicted molar refractivity (Wildman–Crippen MR) is 114 cm³/mol. The van der Waals surface area contributed by atoms with Gasteiger partial charge in [-0.1, -0.05) is 45.0 Å². The van der Waals surface area contributed by atoms with Gasteiger partial charge >= 0.3 is 0 Å². The summed E-state index contributed by atoms with van der Waals surface area (Å²) in [4.78, 5) is 14.8. The summed E-state index contributed by atoms with van der Waals surface area (Å²) >= 11 is 3.31. The molecule has 0 aliphatic carbocycles. The number of rotatable bonds is 3. The van der Waals surface area contributed by atoms with Crippen LogP contribution in [-0.2, 0) is 15.4 Å². The van der Waals surface area contributed by atoms with Gasteiger partial charge in [0.2, 0.25) is 10.0 Å². The van der Waals surface area contributed by atoms with Crippen LogP contribution < -0.4 is 0 Å². The number of amides is 1. The Kier molecular flexibility index (Phi) is 5.98. The molecule has 1 amide bonds. The Morgan fingerprint density at radius 3 is 2.04 bits per heavy atom. The van der Waals surface area contributed by atoms with Gasteiger partial charge in [0, 0.05) is 36.2 Å². The van der Waals surface area contributed by atoms with Crippen molar-refractivity contribution in [3.63, 3.8) is 0 Å². The van der Waals surface area contributed by atoms with Crippen molar-refractivity contribution in [3.8, 4) is 0 Å². The van der Waals surface area contributed by atoms with Crippen LogP contribution in [0.1, 0.15) is 36.7 Å². The number of sulfonamides is 1. The van der Waals surface area contributed by atoms with Crippen LogP contribution in [0.2, 0.25) is 0 Å². The SMILES string of the molecule is CC(C)(C)c1ccc(C(=O)N2CCN(S(=O)(=O)c3ccccc3Br)CC2)cc1. The van der Waals surface area contributed by atoms with Gasteiger partial charge < -0.3 is 4.90 Å². The van der Waals surface area contributed by atoms with Crippen molar-refractivity contribution in [3.05, 3.63) is 64.1 Å². The molecule has 2 aromatic rings. The van der Waals surface area contributed by atoms with Crippen LogP contribution in [0.25, 0.3) is 0 Å². The maximum atomic E-state index is 12.9. The van der Waals surface area contributed by atoms with E-state index in [9.17, 15) is 13.2 Å². The average Bonchev–Trinajstić information content (AvgIpc) is 2.67. The second-order valence-corrected chi connectivity index (χ2v) is 10.7. The van der Waals surface area contributed by atoms with Crippen LogP contribution in [0.5, 0.6) is 0 Å². The molecule has 3 rings (SSSR count). The van der Waals surface area contributed by atoms with E-state index in [0.29, 0.717) is 23.1 Å². The first-order chi connectivity index (χ1) is 13.1. The summed E-state index contributed by atoms with van der Waals surface area (Å²) in [5.41, 5.74) is 1.84. The maximum absolute atomic E-state index is 12.9. The van der Waals surface area contributed by atoms with Gasteiger partial charge in [0.1, 0.15) is 0 Å². The highest BCUT2D eigenvalue weighted by Gasteiger charge is 2.31. The molecule has 7 heteroatoms. The van der Waals surface area contributed by atoms with E-state index in [1.165, 1.54) is 9.87 Å². The van der Waals surface area contributed by atoms with Gasteiger partial charge in [-0.3, -0.25) is 4.79 Å². The number of carbonyl (C=O) groups is 1. The predicted octanol–water partition coefficient (Wildman–Crippen LogP) is 3.89. The Morgan fingerprint density at radius 1 is 0.929 bits per heavy atom. The van der Waals surface area contributed by atoms with E-state index >= 15 is 0 Å². The molecule has 1 aliphatic rings. The fourth-order valence-corrected chi connectivity index (χ4v) is 5.61. The third kappa shape index (κ3) is 4.31. The van der Waals surface area contributed by atoms with Crippen molar-refractivity contribution in [2.75, 3.05) is 26.2 Å². The number of hydrogen-bond acceptors (Lipinski definition) is 3. The average molecular weight is 465 g/mol. The Bertz CT molecular complexity index is 958. The maximum Gasteiger partial charge on any atom is 0.253 e. The van der Waals surface area contributed by atoms with Gasteiger partial charge in [-0.05, 0) is 51.2 Å². The van der Waals surface area contributed by atoms with E-state index in [4.69, 9.17) is 0 Å². The fraction of sp³-hybridized carbons (Fsp3) is 0.381. The monoisotopic (exact) mass is 464 g/mol. The summed E-state index contributed by atoms with van der Waals surface area (Å²) in [7, 11) is -3.58. The molecule has 0 bridgehead atoms. The van der Waals surface area contributed by atoms with Crippen LogP contribution in [-0.4, -0.2) is 49.7 Å². The fourth-order valence-electron chi connectivity index (χ4n) is 3.22. The van der Waals surface area contributed by atoms with Crippen LogP contribution >= 0.6 is 15.9 Å². The minimum absolute atomic E-state index is 0.0350. The van der Waals surface area contributed by atoms with Crippen molar-refractivity contribution < 1.29 is 13.2 Å². The summed E-state index contributed by atoms with van der Waals surface area (Å²) in [6.07, 6.45) is 0. The second-order valence-electron chi connectivity index (χ2n) is 7.95. The molecular formula is C21H25BrN2O3S. The summed E-state index contributed by atoms with van der Waals surface area (Å²) < 4.78 is 27.7. The summed E-state index contributed by atoms with van der Waals surface area (Å²) in [6, 6.07) is 14.5. The molecule has 28 heavy (non-hydrogen) atoms. The molecule has 5 nitrogen and oxygen atoms in total. The minimum Gasteiger partial charge on any atom is -0.336 e. The third-order valence-corrected chi connectivity index (χ3v) is 7.89. The standard InChI is InChI=1S/C21H25BrN2O3S/c1-21(2,3)17-10-8-16(9-11-17)20(25)23-12-14-24(15-13-23)28(26,27)19-7-5-4-6-18(19)22/h4-11H,12-15H2,1-3H3. The molecule has 150 valence electrons. The molecule has 0 spiro atoms. The number of nitrogens with zero attached hydrogens (tertiary/aromatic N) is 2. The molecule has 0 saturated carbocycles. The summed E-state index contributed by atoms with van der Waals surface area (Å²) in [5.74, 6) is -0.0570. The van der Waals surface area contributed by atoms with E-state index in [2.05, 4.69) is 36.7 Å². The number of hydrogen-bond donors (Lipinski definition) is 0. The van der Waals surface area contributed by atoms with E-state index in [1.54, 1.807) is 29.2 Å². The summed E-state index contributed by atoms with van der Waals surface area (Å²) in [6.45, 7) is 7.73. The zero-order valence-electron chi connectivity index (χ0n) is 16.4. The van der Waals surface area contributed by atoms with Gasteiger partial charge in [0.15, 0.2) is 0 Å². The third-order valence-electron chi connectivity index (χ3n) is 4.98. The quantitative estimate of drug-likeness (QED) is 0.691. The van der Waals surface area contributed by atoms with Crippen molar-refractivity contribution in [1.29, 1.82) is 0 Å². The zero-order chi connectivity index (χ0) is 20.5. The highest BCUT2D eigenvalue weighted by Crippen LogP contribution is 2.26. The zero-order valence-corrected chi connectivity index (χ0v) is 18.8. The van der Waals surface area contributed by atoms with Gasteiger partial charge in [0.25, 0.3) is 5.91 Å². The van der Waals surface area contributed by atoms with Gasteiger partial charge in [-0.15, -0.1) is 0 Å². The lowest BCUT2D eigenvalue weighted by Gasteiger charge is -2.34. The largest absolute Gasteiger partial charge is 0.336 e. The first kappa shape index (κ1) is 21.0. The molecule has 0 N–H and O–H groups in total. The van der Waals surface area contributed by atoms with E-state index in [-0.39, 0.29) is 29.3 Å². The van der Waals surface area contributed by atoms with Crippen molar-refractivity contribution in [2.24, 2.45) is 0 Å². The molecule has 0 unspecified atom stereocenters. The van der Waals surface area contributed by atoms with Crippen LogP contribution in [0, 0.1) is 0 Å². The number of carbonyl (C=O) groups excluding carboxylic acids is 1. The van der Waals surface area contributed by atoms with Crippen LogP contribution in [0.4, 0.5) is 0 Å². The number of benzene rings is 2. The van der Waals surface area contributed by atoms with E-state index in [0.717, 1.165) is 0 Å². The van der Waals surface area contributed by atoms with Gasteiger partial charge in [-0.2, -0.15) is 4.31 Å². The first-order valence-electron chi connectivity index (χ1n) is 9.25. The Balaban J connectivity index is 1.68. The normalized spacial score (nSPS) is 16.2. The van der Waals surface area contributed by atoms with Crippen LogP contribution in [0.15, 0.2) is 57.9 Å². The van der Waals surface area contributed by atoms with Gasteiger partial charge in [-0.25, -0.2) is 8.42 Å². The lowest BCUT2D eigenvalue weighted by molar-refractivity contribution is 0.0698. The van der Waals surface area contributed by atoms with Crippen LogP contribution in [0.3, 0.4) is 0 Å². The van der Waals surface area contributed by atoms with Crippen molar-refractivity contribution in [1.82, 2.24) is 9.21 Å². The Morgan fingerprint density at radius 2 is 1.50 bits per heavy atom. The highest BCUT2D eigenvalue weighted by molar-refractivity contribution is 9.10. The lowest BCUT2D eigenvalue weighted by atomic mass is 9.86. The molecule has 1 saturated heterocycles. The molecule has 1 fully saturated rings. The molecule has 0 aromatic heterocycles. The summed E-state index contributed by atoms with van der Waals surface area (Å²) in [5, 5.41) is 0. The highest BCUT2D eigenvalue weighted by atomic mass is 79.9. The molecule has 0 atom stereocenters. The van der Waals surface area contributed by atoms with Crippen molar-refractivity contribution in [2.45, 2.75) is 31.1 Å². The molecule has 0 radical (unpaired) electrons. The Labute approximate surface area is 175 Å². The second kappa shape index (κ2) is 7.97. The molecule has 2 aromatic carbocycles. The smallest absolute Gasteiger partial charge is 0.253 e. The Hall–Kier alpha value is -1.70. The number of piperazine rings is 1. The van der Waals surface area contributed by atoms with Gasteiger partial charge in [0.05, 0.1) is 4.90 Å². The van der Waals surface area contributed by atoms with E-state index in [1.807, 2.05) is 24.3 Å². The lowest BCUT2D eigenvalue weighted by Crippen LogP contribution is -2.50. The topological polar surface area (TPSA) is 57.7 Å². The molecule has 1 heterocycles. The van der Waals surface area contributed by atoms with E-state index < -0.39 is 10.0 Å². The number of halogens is 1. The molecular weight excluding hydrogens is 440 g/mol. The van der Waals surface area contributed by atoms with Crippen molar-refractivity contribution >= 4 is 31.9 Å². The minimum atomic E-state index is -3.58. The first-order valence-corrected chi connectivity index (χ1v) is 11.5.